The number of carbonyl (C=O) groups is 1. The second-order valence-corrected chi connectivity index (χ2v) is 6.24. The summed E-state index contributed by atoms with van der Waals surface area (Å²) in [7, 11) is 1.66. The van der Waals surface area contributed by atoms with Gasteiger partial charge in [0.15, 0.2) is 0 Å². The van der Waals surface area contributed by atoms with Crippen molar-refractivity contribution in [3.05, 3.63) is 30.0 Å². The molecular weight excluding hydrogens is 264 g/mol. The van der Waals surface area contributed by atoms with E-state index in [2.05, 4.69) is 4.98 Å². The van der Waals surface area contributed by atoms with Crippen LogP contribution in [-0.2, 0) is 10.2 Å². The molecule has 0 atom stereocenters. The van der Waals surface area contributed by atoms with Crippen LogP contribution in [0, 0.1) is 0 Å². The number of hydrogen-bond acceptors (Lipinski definition) is 2. The van der Waals surface area contributed by atoms with Crippen LogP contribution in [0.3, 0.4) is 0 Å². The number of aromatic nitrogens is 1. The molecule has 1 aromatic heterocycles. The maximum absolute atomic E-state index is 12.8. The van der Waals surface area contributed by atoms with Gasteiger partial charge >= 0.3 is 0 Å². The molecule has 2 heterocycles. The number of aromatic amines is 1. The molecule has 1 aliphatic rings. The number of fused-ring (bicyclic) bond motifs is 1. The predicted molar refractivity (Wildman–Crippen MR) is 83.7 cm³/mol. The highest BCUT2D eigenvalue weighted by atomic mass is 16.5. The lowest BCUT2D eigenvalue weighted by Gasteiger charge is -2.29. The fourth-order valence-corrected chi connectivity index (χ4v) is 3.17. The van der Waals surface area contributed by atoms with Gasteiger partial charge in [0.2, 0.25) is 5.91 Å². The van der Waals surface area contributed by atoms with Crippen molar-refractivity contribution < 1.29 is 9.53 Å². The molecule has 1 aliphatic heterocycles. The monoisotopic (exact) mass is 286 g/mol. The number of ether oxygens (including phenoxy) is 1. The average molecular weight is 286 g/mol. The van der Waals surface area contributed by atoms with Gasteiger partial charge < -0.3 is 14.6 Å². The number of benzene rings is 1. The maximum Gasteiger partial charge on any atom is 0.232 e. The summed E-state index contributed by atoms with van der Waals surface area (Å²) >= 11 is 0. The van der Waals surface area contributed by atoms with Crippen LogP contribution in [-0.4, -0.2) is 36.0 Å². The number of rotatable bonds is 3. The third kappa shape index (κ3) is 2.28. The summed E-state index contributed by atoms with van der Waals surface area (Å²) in [5, 5.41) is 1.06. The van der Waals surface area contributed by atoms with Crippen LogP contribution in [0.1, 0.15) is 32.3 Å². The Hall–Kier alpha value is -1.97. The molecule has 0 radical (unpaired) electrons. The molecular formula is C17H22N2O2. The summed E-state index contributed by atoms with van der Waals surface area (Å²) in [6, 6.07) is 5.92. The number of likely N-dealkylation sites (tertiary alicyclic amines) is 1. The van der Waals surface area contributed by atoms with Gasteiger partial charge in [-0.2, -0.15) is 0 Å². The van der Waals surface area contributed by atoms with Gasteiger partial charge in [-0.3, -0.25) is 4.79 Å². The van der Waals surface area contributed by atoms with E-state index in [1.165, 1.54) is 0 Å². The second-order valence-electron chi connectivity index (χ2n) is 6.24. The first-order chi connectivity index (χ1) is 10.0. The highest BCUT2D eigenvalue weighted by molar-refractivity contribution is 5.95. The minimum atomic E-state index is -0.533. The van der Waals surface area contributed by atoms with E-state index in [0.717, 1.165) is 48.1 Å². The Labute approximate surface area is 125 Å². The Morgan fingerprint density at radius 3 is 2.67 bits per heavy atom. The van der Waals surface area contributed by atoms with Crippen LogP contribution < -0.4 is 4.74 Å². The Bertz CT molecular complexity index is 666. The molecule has 21 heavy (non-hydrogen) atoms. The van der Waals surface area contributed by atoms with Crippen molar-refractivity contribution in [2.75, 3.05) is 20.2 Å². The van der Waals surface area contributed by atoms with E-state index in [1.807, 2.05) is 43.1 Å². The van der Waals surface area contributed by atoms with Crippen LogP contribution in [0.15, 0.2) is 24.4 Å². The molecule has 1 aromatic carbocycles. The predicted octanol–water partition coefficient (Wildman–Crippen LogP) is 3.08. The fraction of sp³-hybridized carbons (Fsp3) is 0.471. The van der Waals surface area contributed by atoms with Crippen LogP contribution in [0.2, 0.25) is 0 Å². The molecule has 0 bridgehead atoms. The number of hydrogen-bond donors (Lipinski definition) is 1. The molecule has 0 saturated carbocycles. The Morgan fingerprint density at radius 2 is 2.00 bits per heavy atom. The van der Waals surface area contributed by atoms with E-state index in [0.29, 0.717) is 0 Å². The molecule has 3 rings (SSSR count). The van der Waals surface area contributed by atoms with Crippen molar-refractivity contribution in [3.63, 3.8) is 0 Å². The lowest BCUT2D eigenvalue weighted by Crippen LogP contribution is -2.41. The zero-order valence-corrected chi connectivity index (χ0v) is 12.9. The maximum atomic E-state index is 12.8. The summed E-state index contributed by atoms with van der Waals surface area (Å²) in [5.41, 5.74) is 1.54. The van der Waals surface area contributed by atoms with Crippen LogP contribution >= 0.6 is 0 Å². The van der Waals surface area contributed by atoms with Crippen molar-refractivity contribution in [1.29, 1.82) is 0 Å². The van der Waals surface area contributed by atoms with Gasteiger partial charge in [0.05, 0.1) is 12.5 Å². The number of methoxy groups -OCH3 is 1. The molecule has 4 heteroatoms. The molecule has 1 amide bonds. The van der Waals surface area contributed by atoms with Gasteiger partial charge in [0.25, 0.3) is 0 Å². The molecule has 0 spiro atoms. The average Bonchev–Trinajstić information content (AvgIpc) is 3.14. The number of amides is 1. The summed E-state index contributed by atoms with van der Waals surface area (Å²) in [4.78, 5) is 18.1. The number of H-pyrrole nitrogens is 1. The molecule has 1 fully saturated rings. The van der Waals surface area contributed by atoms with Crippen LogP contribution in [0.4, 0.5) is 0 Å². The van der Waals surface area contributed by atoms with Crippen molar-refractivity contribution in [2.45, 2.75) is 32.1 Å². The molecule has 4 nitrogen and oxygen atoms in total. The fourth-order valence-electron chi connectivity index (χ4n) is 3.17. The van der Waals surface area contributed by atoms with Gasteiger partial charge in [-0.05, 0) is 50.5 Å². The van der Waals surface area contributed by atoms with E-state index in [9.17, 15) is 4.79 Å². The lowest BCUT2D eigenvalue weighted by atomic mass is 9.83. The number of nitrogens with one attached hydrogen (secondary N) is 1. The SMILES string of the molecule is COc1ccc2[nH]cc(C(C)(C)C(=O)N3CCCC3)c2c1. The summed E-state index contributed by atoms with van der Waals surface area (Å²) in [5.74, 6) is 1.02. The first kappa shape index (κ1) is 14.0. The first-order valence-corrected chi connectivity index (χ1v) is 7.49. The van der Waals surface area contributed by atoms with Crippen molar-refractivity contribution in [3.8, 4) is 5.75 Å². The van der Waals surface area contributed by atoms with E-state index in [-0.39, 0.29) is 5.91 Å². The molecule has 1 N–H and O–H groups in total. The summed E-state index contributed by atoms with van der Waals surface area (Å²) < 4.78 is 5.31. The van der Waals surface area contributed by atoms with Crippen molar-refractivity contribution in [2.24, 2.45) is 0 Å². The number of nitrogens with zero attached hydrogens (tertiary/aromatic N) is 1. The highest BCUT2D eigenvalue weighted by Gasteiger charge is 2.36. The van der Waals surface area contributed by atoms with Crippen LogP contribution in [0.25, 0.3) is 10.9 Å². The molecule has 0 aliphatic carbocycles. The van der Waals surface area contributed by atoms with Crippen molar-refractivity contribution >= 4 is 16.8 Å². The Kier molecular flexibility index (Phi) is 3.40. The summed E-state index contributed by atoms with van der Waals surface area (Å²) in [6.07, 6.45) is 4.19. The third-order valence-electron chi connectivity index (χ3n) is 4.49. The third-order valence-corrected chi connectivity index (χ3v) is 4.49. The standard InChI is InChI=1S/C17H22N2O2/c1-17(2,16(20)19-8-4-5-9-19)14-11-18-15-7-6-12(21-3)10-13(14)15/h6-7,10-11,18H,4-5,8-9H2,1-3H3. The molecule has 2 aromatic rings. The Balaban J connectivity index is 2.03. The zero-order valence-electron chi connectivity index (χ0n) is 12.9. The minimum Gasteiger partial charge on any atom is -0.497 e. The van der Waals surface area contributed by atoms with E-state index in [4.69, 9.17) is 4.74 Å². The largest absolute Gasteiger partial charge is 0.497 e. The highest BCUT2D eigenvalue weighted by Crippen LogP contribution is 2.34. The van der Waals surface area contributed by atoms with Gasteiger partial charge in [-0.25, -0.2) is 0 Å². The molecule has 0 unspecified atom stereocenters. The van der Waals surface area contributed by atoms with Crippen LogP contribution in [0.5, 0.6) is 5.75 Å². The zero-order chi connectivity index (χ0) is 15.0. The minimum absolute atomic E-state index is 0.212. The van der Waals surface area contributed by atoms with Gasteiger partial charge in [-0.15, -0.1) is 0 Å². The molecule has 112 valence electrons. The molecule has 1 saturated heterocycles. The second kappa shape index (κ2) is 5.10. The van der Waals surface area contributed by atoms with Crippen molar-refractivity contribution in [1.82, 2.24) is 9.88 Å². The lowest BCUT2D eigenvalue weighted by molar-refractivity contribution is -0.135. The number of carbonyl (C=O) groups excluding carboxylic acids is 1. The van der Waals surface area contributed by atoms with E-state index in [1.54, 1.807) is 7.11 Å². The van der Waals surface area contributed by atoms with E-state index < -0.39 is 5.41 Å². The van der Waals surface area contributed by atoms with Gasteiger partial charge in [0.1, 0.15) is 5.75 Å². The summed E-state index contributed by atoms with van der Waals surface area (Å²) in [6.45, 7) is 5.79. The topological polar surface area (TPSA) is 45.3 Å². The van der Waals surface area contributed by atoms with Gasteiger partial charge in [0, 0.05) is 30.2 Å². The normalized spacial score (nSPS) is 15.7. The first-order valence-electron chi connectivity index (χ1n) is 7.49. The van der Waals surface area contributed by atoms with E-state index >= 15 is 0 Å². The smallest absolute Gasteiger partial charge is 0.232 e. The Morgan fingerprint density at radius 1 is 1.29 bits per heavy atom. The van der Waals surface area contributed by atoms with Gasteiger partial charge in [-0.1, -0.05) is 0 Å². The quantitative estimate of drug-likeness (QED) is 0.942.